The Balaban J connectivity index is 1.41. The molecule has 6 heteroatoms. The van der Waals surface area contributed by atoms with E-state index in [0.29, 0.717) is 0 Å². The fraction of sp³-hybridized carbons (Fsp3) is 0.179. The van der Waals surface area contributed by atoms with Gasteiger partial charge in [-0.15, -0.1) is 0 Å². The van der Waals surface area contributed by atoms with Gasteiger partial charge in [0.2, 0.25) is 0 Å². The number of pyridine rings is 2. The molecule has 5 rings (SSSR count). The van der Waals surface area contributed by atoms with E-state index in [4.69, 9.17) is 0 Å². The fourth-order valence-electron chi connectivity index (χ4n) is 4.05. The number of aryl methyl sites for hydroxylation is 1. The lowest BCUT2D eigenvalue weighted by atomic mass is 10.0. The number of nitrogens with zero attached hydrogens (tertiary/aromatic N) is 5. The predicted molar refractivity (Wildman–Crippen MR) is 139 cm³/mol. The van der Waals surface area contributed by atoms with Gasteiger partial charge in [-0.1, -0.05) is 36.4 Å². The second-order valence-corrected chi connectivity index (χ2v) is 8.76. The third-order valence-corrected chi connectivity index (χ3v) is 5.95. The third kappa shape index (κ3) is 4.67. The Bertz CT molecular complexity index is 1440. The molecule has 0 aliphatic carbocycles. The molecule has 0 radical (unpaired) electrons. The Morgan fingerprint density at radius 2 is 1.76 bits per heavy atom. The van der Waals surface area contributed by atoms with Gasteiger partial charge in [-0.25, -0.2) is 0 Å². The highest BCUT2D eigenvalue weighted by atomic mass is 15.3. The van der Waals surface area contributed by atoms with Crippen LogP contribution in [0.15, 0.2) is 85.5 Å². The molecule has 0 amide bonds. The quantitative estimate of drug-likeness (QED) is 0.342. The second kappa shape index (κ2) is 9.45. The van der Waals surface area contributed by atoms with E-state index in [0.717, 1.165) is 57.8 Å². The average molecular weight is 449 g/mol. The first-order valence-corrected chi connectivity index (χ1v) is 11.4. The summed E-state index contributed by atoms with van der Waals surface area (Å²) in [4.78, 5) is 11.4. The van der Waals surface area contributed by atoms with Gasteiger partial charge in [0, 0.05) is 53.0 Å². The third-order valence-electron chi connectivity index (χ3n) is 5.95. The molecule has 0 spiro atoms. The van der Waals surface area contributed by atoms with Crippen LogP contribution in [0.3, 0.4) is 0 Å². The summed E-state index contributed by atoms with van der Waals surface area (Å²) in [7, 11) is 4.14. The summed E-state index contributed by atoms with van der Waals surface area (Å²) in [5, 5.41) is 9.14. The normalized spacial score (nSPS) is 11.3. The lowest BCUT2D eigenvalue weighted by Crippen LogP contribution is -2.18. The molecule has 34 heavy (non-hydrogen) atoms. The highest BCUT2D eigenvalue weighted by Gasteiger charge is 2.09. The molecule has 3 aromatic heterocycles. The molecular formula is C28H28N6. The summed E-state index contributed by atoms with van der Waals surface area (Å²) in [5.74, 6) is 0. The zero-order chi connectivity index (χ0) is 23.5. The summed E-state index contributed by atoms with van der Waals surface area (Å²) in [6, 6.07) is 20.8. The number of aromatic nitrogens is 4. The molecule has 3 heterocycles. The number of rotatable bonds is 7. The number of hydrogen-bond donors (Lipinski definition) is 1. The molecule has 0 bridgehead atoms. The Morgan fingerprint density at radius 3 is 2.62 bits per heavy atom. The first-order valence-electron chi connectivity index (χ1n) is 11.4. The van der Waals surface area contributed by atoms with Gasteiger partial charge in [0.1, 0.15) is 0 Å². The van der Waals surface area contributed by atoms with Crippen LogP contribution in [0.4, 0.5) is 11.4 Å². The van der Waals surface area contributed by atoms with Crippen LogP contribution in [-0.4, -0.2) is 45.3 Å². The minimum Gasteiger partial charge on any atom is -0.355 e. The van der Waals surface area contributed by atoms with Crippen LogP contribution in [0.5, 0.6) is 0 Å². The van der Waals surface area contributed by atoms with Crippen LogP contribution in [0, 0.1) is 6.92 Å². The summed E-state index contributed by atoms with van der Waals surface area (Å²) in [6.45, 7) is 3.93. The number of anilines is 2. The van der Waals surface area contributed by atoms with Gasteiger partial charge >= 0.3 is 0 Å². The molecule has 1 N–H and O–H groups in total. The highest BCUT2D eigenvalue weighted by Crippen LogP contribution is 2.30. The monoisotopic (exact) mass is 448 g/mol. The van der Waals surface area contributed by atoms with Crippen LogP contribution >= 0.6 is 0 Å². The molecular weight excluding hydrogens is 420 g/mol. The predicted octanol–water partition coefficient (Wildman–Crippen LogP) is 5.77. The van der Waals surface area contributed by atoms with E-state index >= 15 is 0 Å². The molecule has 0 aliphatic heterocycles. The number of nitrogens with one attached hydrogen (secondary N) is 1. The number of hydrogen-bond acceptors (Lipinski definition) is 5. The van der Waals surface area contributed by atoms with Gasteiger partial charge in [0.15, 0.2) is 0 Å². The van der Waals surface area contributed by atoms with Crippen molar-refractivity contribution in [2.45, 2.75) is 13.5 Å². The minimum atomic E-state index is 0.864. The first kappa shape index (κ1) is 21.8. The van der Waals surface area contributed by atoms with Gasteiger partial charge in [0.05, 0.1) is 24.0 Å². The maximum absolute atomic E-state index is 4.63. The minimum absolute atomic E-state index is 0.864. The van der Waals surface area contributed by atoms with E-state index in [-0.39, 0.29) is 0 Å². The second-order valence-electron chi connectivity index (χ2n) is 8.76. The van der Waals surface area contributed by atoms with Crippen LogP contribution < -0.4 is 5.32 Å². The summed E-state index contributed by atoms with van der Waals surface area (Å²) < 4.78 is 1.99. The van der Waals surface area contributed by atoms with Crippen molar-refractivity contribution in [2.75, 3.05) is 26.0 Å². The highest BCUT2D eigenvalue weighted by molar-refractivity contribution is 5.95. The van der Waals surface area contributed by atoms with E-state index < -0.39 is 0 Å². The van der Waals surface area contributed by atoms with Crippen molar-refractivity contribution in [3.63, 3.8) is 0 Å². The standard InChI is InChI=1S/C28H28N6/c1-20-6-4-5-7-24(20)28-17-23(10-12-29-28)32-26-11-13-30-27-16-21(8-9-25(26)27)22-18-31-34(19-22)15-14-33(2)3/h4-13,16-19H,14-15H2,1-3H3,(H,29,30,32). The van der Waals surface area contributed by atoms with Crippen LogP contribution in [0.1, 0.15) is 5.56 Å². The molecule has 0 saturated carbocycles. The van der Waals surface area contributed by atoms with Gasteiger partial charge in [-0.3, -0.25) is 14.6 Å². The zero-order valence-corrected chi connectivity index (χ0v) is 19.7. The van der Waals surface area contributed by atoms with E-state index in [9.17, 15) is 0 Å². The molecule has 2 aromatic carbocycles. The maximum atomic E-state index is 4.63. The summed E-state index contributed by atoms with van der Waals surface area (Å²) in [5.41, 5.74) is 8.45. The number of fused-ring (bicyclic) bond motifs is 1. The molecule has 0 atom stereocenters. The van der Waals surface area contributed by atoms with E-state index in [2.05, 4.69) is 88.9 Å². The van der Waals surface area contributed by atoms with Crippen LogP contribution in [0.2, 0.25) is 0 Å². The Morgan fingerprint density at radius 1 is 0.912 bits per heavy atom. The number of benzene rings is 2. The van der Waals surface area contributed by atoms with E-state index in [1.807, 2.05) is 47.5 Å². The molecule has 0 fully saturated rings. The first-order chi connectivity index (χ1) is 16.6. The Kier molecular flexibility index (Phi) is 6.06. The number of likely N-dealkylation sites (N-methyl/N-ethyl adjacent to an activating group) is 1. The van der Waals surface area contributed by atoms with Crippen LogP contribution in [0.25, 0.3) is 33.3 Å². The van der Waals surface area contributed by atoms with Crippen molar-refractivity contribution in [2.24, 2.45) is 0 Å². The molecule has 0 unspecified atom stereocenters. The molecule has 6 nitrogen and oxygen atoms in total. The van der Waals surface area contributed by atoms with E-state index in [1.165, 1.54) is 5.56 Å². The lowest BCUT2D eigenvalue weighted by Gasteiger charge is -2.12. The summed E-state index contributed by atoms with van der Waals surface area (Å²) in [6.07, 6.45) is 7.71. The van der Waals surface area contributed by atoms with Gasteiger partial charge in [0.25, 0.3) is 0 Å². The Labute approximate surface area is 199 Å². The Hall–Kier alpha value is -4.03. The molecule has 5 aromatic rings. The molecule has 0 aliphatic rings. The van der Waals surface area contributed by atoms with Crippen molar-refractivity contribution in [1.82, 2.24) is 24.6 Å². The van der Waals surface area contributed by atoms with Gasteiger partial charge < -0.3 is 10.2 Å². The zero-order valence-electron chi connectivity index (χ0n) is 19.7. The topological polar surface area (TPSA) is 58.9 Å². The summed E-state index contributed by atoms with van der Waals surface area (Å²) >= 11 is 0. The van der Waals surface area contributed by atoms with Crippen molar-refractivity contribution in [3.05, 3.63) is 91.0 Å². The van der Waals surface area contributed by atoms with Crippen LogP contribution in [-0.2, 0) is 6.54 Å². The fourth-order valence-corrected chi connectivity index (χ4v) is 4.05. The van der Waals surface area contributed by atoms with Gasteiger partial charge in [-0.05, 0) is 56.4 Å². The SMILES string of the molecule is Cc1ccccc1-c1cc(Nc2ccnc3cc(-c4cnn(CCN(C)C)c4)ccc23)ccn1. The maximum Gasteiger partial charge on any atom is 0.0729 e. The smallest absolute Gasteiger partial charge is 0.0729 e. The van der Waals surface area contributed by atoms with Crippen molar-refractivity contribution < 1.29 is 0 Å². The lowest BCUT2D eigenvalue weighted by molar-refractivity contribution is 0.373. The molecule has 0 saturated heterocycles. The molecule has 170 valence electrons. The van der Waals surface area contributed by atoms with Crippen molar-refractivity contribution in [1.29, 1.82) is 0 Å². The van der Waals surface area contributed by atoms with Gasteiger partial charge in [-0.2, -0.15) is 5.10 Å². The van der Waals surface area contributed by atoms with Crippen molar-refractivity contribution in [3.8, 4) is 22.4 Å². The largest absolute Gasteiger partial charge is 0.355 e. The van der Waals surface area contributed by atoms with E-state index in [1.54, 1.807) is 0 Å². The van der Waals surface area contributed by atoms with Crippen molar-refractivity contribution >= 4 is 22.3 Å². The average Bonchev–Trinajstić information content (AvgIpc) is 3.32.